The Morgan fingerprint density at radius 3 is 2.50 bits per heavy atom. The third-order valence-corrected chi connectivity index (χ3v) is 6.43. The Morgan fingerprint density at radius 1 is 1.00 bits per heavy atom. The van der Waals surface area contributed by atoms with Crippen molar-refractivity contribution in [2.75, 3.05) is 20.1 Å². The van der Waals surface area contributed by atoms with Gasteiger partial charge in [-0.1, -0.05) is 23.4 Å². The van der Waals surface area contributed by atoms with Crippen molar-refractivity contribution in [1.82, 2.24) is 24.8 Å². The van der Waals surface area contributed by atoms with E-state index in [1.807, 2.05) is 24.3 Å². The van der Waals surface area contributed by atoms with Crippen LogP contribution in [0.1, 0.15) is 24.3 Å². The number of benzene rings is 2. The monoisotopic (exact) mass is 495 g/mol. The number of piperidine rings is 1. The molecule has 0 bridgehead atoms. The summed E-state index contributed by atoms with van der Waals surface area (Å²) in [7, 11) is 2.12. The van der Waals surface area contributed by atoms with Crippen LogP contribution in [0.5, 0.6) is 0 Å². The number of rotatable bonds is 6. The SMILES string of the molecule is CN1CCC(Cc2nc(-c3cccc(Cn4nc(-c5cc(F)c(F)c(F)c5)ccc4=O)c3)no2)CC1. The molecule has 186 valence electrons. The Morgan fingerprint density at radius 2 is 1.75 bits per heavy atom. The number of hydrogen-bond donors (Lipinski definition) is 0. The van der Waals surface area contributed by atoms with Gasteiger partial charge >= 0.3 is 0 Å². The minimum atomic E-state index is -1.56. The number of likely N-dealkylation sites (tertiary alicyclic amines) is 1. The number of hydrogen-bond acceptors (Lipinski definition) is 6. The van der Waals surface area contributed by atoms with Gasteiger partial charge in [0, 0.05) is 23.6 Å². The van der Waals surface area contributed by atoms with Crippen molar-refractivity contribution in [1.29, 1.82) is 0 Å². The number of aromatic nitrogens is 4. The highest BCUT2D eigenvalue weighted by Gasteiger charge is 2.20. The average molecular weight is 496 g/mol. The van der Waals surface area contributed by atoms with Gasteiger partial charge in [-0.3, -0.25) is 4.79 Å². The molecule has 1 fully saturated rings. The van der Waals surface area contributed by atoms with Crippen molar-refractivity contribution in [3.05, 3.63) is 87.8 Å². The minimum absolute atomic E-state index is 0.0258. The summed E-state index contributed by atoms with van der Waals surface area (Å²) >= 11 is 0. The third kappa shape index (κ3) is 5.23. The van der Waals surface area contributed by atoms with Gasteiger partial charge < -0.3 is 9.42 Å². The van der Waals surface area contributed by atoms with E-state index >= 15 is 0 Å². The molecule has 7 nitrogen and oxygen atoms in total. The lowest BCUT2D eigenvalue weighted by Crippen LogP contribution is -2.30. The lowest BCUT2D eigenvalue weighted by atomic mass is 9.94. The number of halogens is 3. The van der Waals surface area contributed by atoms with Crippen molar-refractivity contribution in [2.45, 2.75) is 25.8 Å². The molecule has 0 amide bonds. The molecule has 5 rings (SSSR count). The number of nitrogens with zero attached hydrogens (tertiary/aromatic N) is 5. The van der Waals surface area contributed by atoms with Gasteiger partial charge in [-0.15, -0.1) is 0 Å². The highest BCUT2D eigenvalue weighted by atomic mass is 19.2. The first-order chi connectivity index (χ1) is 17.4. The molecule has 1 saturated heterocycles. The Balaban J connectivity index is 1.34. The summed E-state index contributed by atoms with van der Waals surface area (Å²) < 4.78 is 47.3. The molecule has 2 aromatic carbocycles. The summed E-state index contributed by atoms with van der Waals surface area (Å²) in [5, 5.41) is 8.35. The molecule has 1 aliphatic rings. The Bertz CT molecular complexity index is 1420. The lowest BCUT2D eigenvalue weighted by molar-refractivity contribution is 0.208. The zero-order chi connectivity index (χ0) is 25.2. The van der Waals surface area contributed by atoms with Gasteiger partial charge in [0.1, 0.15) is 0 Å². The molecule has 36 heavy (non-hydrogen) atoms. The van der Waals surface area contributed by atoms with Gasteiger partial charge in [0.15, 0.2) is 17.5 Å². The van der Waals surface area contributed by atoms with Gasteiger partial charge in [0.25, 0.3) is 5.56 Å². The molecule has 0 saturated carbocycles. The van der Waals surface area contributed by atoms with Crippen LogP contribution in [0.25, 0.3) is 22.6 Å². The van der Waals surface area contributed by atoms with Crippen molar-refractivity contribution >= 4 is 0 Å². The molecule has 0 radical (unpaired) electrons. The molecule has 0 aliphatic carbocycles. The van der Waals surface area contributed by atoms with Gasteiger partial charge in [0.2, 0.25) is 11.7 Å². The highest BCUT2D eigenvalue weighted by Crippen LogP contribution is 2.24. The fraction of sp³-hybridized carbons (Fsp3) is 0.308. The summed E-state index contributed by atoms with van der Waals surface area (Å²) in [5.41, 5.74) is 1.25. The Labute approximate surface area is 205 Å². The molecule has 10 heteroatoms. The summed E-state index contributed by atoms with van der Waals surface area (Å²) in [6, 6.07) is 11.6. The second-order valence-electron chi connectivity index (χ2n) is 9.13. The fourth-order valence-electron chi connectivity index (χ4n) is 4.37. The Hall–Kier alpha value is -3.79. The Kier molecular flexibility index (Phi) is 6.69. The second kappa shape index (κ2) is 10.1. The van der Waals surface area contributed by atoms with Crippen LogP contribution in [-0.2, 0) is 13.0 Å². The quantitative estimate of drug-likeness (QED) is 0.371. The standard InChI is InChI=1S/C26H24F3N5O2/c1-33-9-7-16(8-10-33)12-23-30-26(32-36-23)18-4-2-3-17(11-18)15-34-24(35)6-5-22(31-34)19-13-20(27)25(29)21(28)14-19/h2-6,11,13-14,16H,7-10,12,15H2,1H3. The van der Waals surface area contributed by atoms with Crippen LogP contribution in [0, 0.1) is 23.4 Å². The van der Waals surface area contributed by atoms with E-state index in [-0.39, 0.29) is 17.8 Å². The zero-order valence-corrected chi connectivity index (χ0v) is 19.6. The van der Waals surface area contributed by atoms with Crippen molar-refractivity contribution in [3.8, 4) is 22.6 Å². The predicted molar refractivity (Wildman–Crippen MR) is 127 cm³/mol. The maximum Gasteiger partial charge on any atom is 0.267 e. The molecule has 0 atom stereocenters. The predicted octanol–water partition coefficient (Wildman–Crippen LogP) is 4.31. The third-order valence-electron chi connectivity index (χ3n) is 6.43. The summed E-state index contributed by atoms with van der Waals surface area (Å²) in [6.45, 7) is 2.23. The maximum absolute atomic E-state index is 13.7. The van der Waals surface area contributed by atoms with E-state index in [1.54, 1.807) is 0 Å². The summed E-state index contributed by atoms with van der Waals surface area (Å²) in [6.07, 6.45) is 2.95. The lowest BCUT2D eigenvalue weighted by Gasteiger charge is -2.27. The fourth-order valence-corrected chi connectivity index (χ4v) is 4.37. The molecule has 3 heterocycles. The van der Waals surface area contributed by atoms with Gasteiger partial charge in [-0.05, 0) is 68.7 Å². The van der Waals surface area contributed by atoms with Crippen molar-refractivity contribution in [2.24, 2.45) is 5.92 Å². The molecule has 4 aromatic rings. The van der Waals surface area contributed by atoms with E-state index in [2.05, 4.69) is 27.2 Å². The molecular formula is C26H24F3N5O2. The van der Waals surface area contributed by atoms with E-state index in [1.165, 1.54) is 16.8 Å². The van der Waals surface area contributed by atoms with E-state index < -0.39 is 23.0 Å². The smallest absolute Gasteiger partial charge is 0.267 e. The molecule has 0 spiro atoms. The first-order valence-electron chi connectivity index (χ1n) is 11.7. The summed E-state index contributed by atoms with van der Waals surface area (Å²) in [4.78, 5) is 19.3. The normalized spacial score (nSPS) is 14.9. The van der Waals surface area contributed by atoms with Crippen LogP contribution in [0.3, 0.4) is 0 Å². The van der Waals surface area contributed by atoms with Gasteiger partial charge in [-0.2, -0.15) is 10.1 Å². The highest BCUT2D eigenvalue weighted by molar-refractivity contribution is 5.58. The molecule has 2 aromatic heterocycles. The van der Waals surface area contributed by atoms with E-state index in [9.17, 15) is 18.0 Å². The molecule has 0 unspecified atom stereocenters. The zero-order valence-electron chi connectivity index (χ0n) is 19.6. The van der Waals surface area contributed by atoms with Crippen molar-refractivity contribution in [3.63, 3.8) is 0 Å². The van der Waals surface area contributed by atoms with E-state index in [0.29, 0.717) is 17.6 Å². The van der Waals surface area contributed by atoms with Gasteiger partial charge in [-0.25, -0.2) is 17.9 Å². The van der Waals surface area contributed by atoms with Gasteiger partial charge in [0.05, 0.1) is 12.2 Å². The first kappa shape index (κ1) is 23.9. The van der Waals surface area contributed by atoms with E-state index in [4.69, 9.17) is 4.52 Å². The molecular weight excluding hydrogens is 471 g/mol. The maximum atomic E-state index is 13.7. The minimum Gasteiger partial charge on any atom is -0.339 e. The molecule has 0 N–H and O–H groups in total. The van der Waals surface area contributed by atoms with Crippen LogP contribution < -0.4 is 5.56 Å². The van der Waals surface area contributed by atoms with Crippen molar-refractivity contribution < 1.29 is 17.7 Å². The summed E-state index contributed by atoms with van der Waals surface area (Å²) in [5.74, 6) is -2.62. The van der Waals surface area contributed by atoms with Crippen LogP contribution >= 0.6 is 0 Å². The topological polar surface area (TPSA) is 77.1 Å². The largest absolute Gasteiger partial charge is 0.339 e. The van der Waals surface area contributed by atoms with E-state index in [0.717, 1.165) is 55.6 Å². The van der Waals surface area contributed by atoms with Crippen LogP contribution in [0.4, 0.5) is 13.2 Å². The second-order valence-corrected chi connectivity index (χ2v) is 9.13. The van der Waals surface area contributed by atoms with Crippen LogP contribution in [0.15, 0.2) is 57.8 Å². The average Bonchev–Trinajstić information content (AvgIpc) is 3.34. The van der Waals surface area contributed by atoms with Crippen LogP contribution in [0.2, 0.25) is 0 Å². The first-order valence-corrected chi connectivity index (χ1v) is 11.7. The molecule has 1 aliphatic heterocycles. The van der Waals surface area contributed by atoms with Crippen LogP contribution in [-0.4, -0.2) is 45.0 Å².